The first kappa shape index (κ1) is 6.23. The Morgan fingerprint density at radius 3 is 3.00 bits per heavy atom. The number of anilines is 1. The molecule has 2 N–H and O–H groups in total. The van der Waals surface area contributed by atoms with Gasteiger partial charge in [0, 0.05) is 12.4 Å². The Morgan fingerprint density at radius 2 is 2.18 bits per heavy atom. The predicted octanol–water partition coefficient (Wildman–Crippen LogP) is -0.453. The van der Waals surface area contributed by atoms with Crippen LogP contribution in [-0.4, -0.2) is 22.9 Å². The Bertz CT molecular complexity index is 295. The summed E-state index contributed by atoms with van der Waals surface area (Å²) in [5.74, 6) is 6.25. The zero-order valence-electron chi connectivity index (χ0n) is 5.81. The first-order chi connectivity index (χ1) is 5.38. The van der Waals surface area contributed by atoms with Crippen LogP contribution in [0.2, 0.25) is 0 Å². The van der Waals surface area contributed by atoms with E-state index in [-0.39, 0.29) is 0 Å². The van der Waals surface area contributed by atoms with Crippen molar-refractivity contribution < 1.29 is 0 Å². The smallest absolute Gasteiger partial charge is 0.172 e. The second-order valence-electron chi connectivity index (χ2n) is 2.19. The van der Waals surface area contributed by atoms with Gasteiger partial charge in [-0.1, -0.05) is 0 Å². The quantitative estimate of drug-likeness (QED) is 0.507. The minimum Gasteiger partial charge on any atom is -0.271 e. The van der Waals surface area contributed by atoms with E-state index in [0.29, 0.717) is 12.5 Å². The van der Waals surface area contributed by atoms with Gasteiger partial charge in [-0.25, -0.2) is 15.8 Å². The molecule has 0 aromatic carbocycles. The van der Waals surface area contributed by atoms with Crippen LogP contribution in [0.25, 0.3) is 0 Å². The van der Waals surface area contributed by atoms with Gasteiger partial charge >= 0.3 is 0 Å². The molecule has 0 unspecified atom stereocenters. The van der Waals surface area contributed by atoms with Crippen LogP contribution in [0.3, 0.4) is 0 Å². The molecule has 5 nitrogen and oxygen atoms in total. The molecule has 0 saturated carbocycles. The number of nitrogens with zero attached hydrogens (tertiary/aromatic N) is 4. The highest BCUT2D eigenvalue weighted by Crippen LogP contribution is 2.12. The first-order valence-electron chi connectivity index (χ1n) is 3.21. The molecular weight excluding hydrogens is 142 g/mol. The van der Waals surface area contributed by atoms with Crippen molar-refractivity contribution in [1.29, 1.82) is 0 Å². The van der Waals surface area contributed by atoms with E-state index in [0.717, 1.165) is 5.69 Å². The van der Waals surface area contributed by atoms with E-state index in [4.69, 9.17) is 5.84 Å². The molecule has 1 aliphatic heterocycles. The molecule has 1 aromatic heterocycles. The zero-order chi connectivity index (χ0) is 7.68. The van der Waals surface area contributed by atoms with Crippen molar-refractivity contribution in [3.8, 4) is 0 Å². The van der Waals surface area contributed by atoms with Crippen molar-refractivity contribution in [2.24, 2.45) is 10.8 Å². The van der Waals surface area contributed by atoms with Crippen LogP contribution in [0, 0.1) is 0 Å². The van der Waals surface area contributed by atoms with Crippen molar-refractivity contribution in [1.82, 2.24) is 9.97 Å². The van der Waals surface area contributed by atoms with Gasteiger partial charge in [0.2, 0.25) is 0 Å². The first-order valence-corrected chi connectivity index (χ1v) is 3.21. The van der Waals surface area contributed by atoms with E-state index >= 15 is 0 Å². The summed E-state index contributed by atoms with van der Waals surface area (Å²) in [7, 11) is 0. The summed E-state index contributed by atoms with van der Waals surface area (Å²) in [5, 5.41) is 1.46. The number of aromatic nitrogens is 2. The lowest BCUT2D eigenvalue weighted by molar-refractivity contribution is 0.826. The summed E-state index contributed by atoms with van der Waals surface area (Å²) in [6.45, 7) is 0.450. The minimum absolute atomic E-state index is 0.450. The Kier molecular flexibility index (Phi) is 1.29. The highest BCUT2D eigenvalue weighted by molar-refractivity contribution is 5.85. The summed E-state index contributed by atoms with van der Waals surface area (Å²) < 4.78 is 0. The molecule has 2 heterocycles. The summed E-state index contributed by atoms with van der Waals surface area (Å²) in [6, 6.07) is 0. The van der Waals surface area contributed by atoms with Crippen LogP contribution in [0.5, 0.6) is 0 Å². The molecule has 11 heavy (non-hydrogen) atoms. The molecule has 0 amide bonds. The molecule has 0 bridgehead atoms. The van der Waals surface area contributed by atoms with Gasteiger partial charge in [0.05, 0.1) is 6.21 Å². The van der Waals surface area contributed by atoms with Crippen molar-refractivity contribution in [2.45, 2.75) is 0 Å². The fourth-order valence-corrected chi connectivity index (χ4v) is 0.936. The van der Waals surface area contributed by atoms with Crippen molar-refractivity contribution in [3.05, 3.63) is 18.1 Å². The lowest BCUT2D eigenvalue weighted by atomic mass is 10.4. The Balaban J connectivity index is 2.54. The SMILES string of the molecule is NN1CN=Cc2nccnc21. The van der Waals surface area contributed by atoms with Crippen LogP contribution in [0.1, 0.15) is 5.69 Å². The molecule has 1 aromatic rings. The maximum atomic E-state index is 5.56. The van der Waals surface area contributed by atoms with Crippen LogP contribution >= 0.6 is 0 Å². The average Bonchev–Trinajstić information content (AvgIpc) is 2.06. The van der Waals surface area contributed by atoms with Gasteiger partial charge in [-0.2, -0.15) is 0 Å². The Labute approximate surface area is 63.6 Å². The predicted molar refractivity (Wildman–Crippen MR) is 41.2 cm³/mol. The number of hydrogen-bond acceptors (Lipinski definition) is 5. The van der Waals surface area contributed by atoms with Gasteiger partial charge in [0.1, 0.15) is 12.4 Å². The summed E-state index contributed by atoms with van der Waals surface area (Å²) >= 11 is 0. The molecular formula is C6H7N5. The third-order valence-electron chi connectivity index (χ3n) is 1.43. The number of hydrazine groups is 1. The van der Waals surface area contributed by atoms with E-state index in [2.05, 4.69) is 15.0 Å². The number of fused-ring (bicyclic) bond motifs is 1. The highest BCUT2D eigenvalue weighted by atomic mass is 15.5. The molecule has 0 fully saturated rings. The van der Waals surface area contributed by atoms with Gasteiger partial charge in [-0.15, -0.1) is 0 Å². The van der Waals surface area contributed by atoms with Gasteiger partial charge < -0.3 is 0 Å². The van der Waals surface area contributed by atoms with Gasteiger partial charge in [0.15, 0.2) is 5.82 Å². The molecule has 0 radical (unpaired) electrons. The molecule has 1 aliphatic rings. The minimum atomic E-state index is 0.450. The number of hydrogen-bond donors (Lipinski definition) is 1. The maximum absolute atomic E-state index is 5.56. The third-order valence-corrected chi connectivity index (χ3v) is 1.43. The summed E-state index contributed by atoms with van der Waals surface area (Å²) in [5.41, 5.74) is 0.723. The van der Waals surface area contributed by atoms with E-state index in [1.54, 1.807) is 18.6 Å². The van der Waals surface area contributed by atoms with Crippen LogP contribution in [0.15, 0.2) is 17.4 Å². The summed E-state index contributed by atoms with van der Waals surface area (Å²) in [4.78, 5) is 12.1. The zero-order valence-corrected chi connectivity index (χ0v) is 5.81. The fraction of sp³-hybridized carbons (Fsp3) is 0.167. The largest absolute Gasteiger partial charge is 0.271 e. The molecule has 5 heteroatoms. The summed E-state index contributed by atoms with van der Waals surface area (Å²) in [6.07, 6.45) is 4.90. The van der Waals surface area contributed by atoms with Crippen LogP contribution in [0.4, 0.5) is 5.82 Å². The second-order valence-corrected chi connectivity index (χ2v) is 2.19. The monoisotopic (exact) mass is 149 g/mol. The van der Waals surface area contributed by atoms with E-state index in [1.807, 2.05) is 0 Å². The Morgan fingerprint density at radius 1 is 1.36 bits per heavy atom. The Hall–Kier alpha value is -1.49. The lowest BCUT2D eigenvalue weighted by Crippen LogP contribution is -2.35. The molecule has 2 rings (SSSR count). The average molecular weight is 149 g/mol. The van der Waals surface area contributed by atoms with Crippen LogP contribution in [-0.2, 0) is 0 Å². The number of aliphatic imine (C=N–C) groups is 1. The van der Waals surface area contributed by atoms with Crippen LogP contribution < -0.4 is 10.9 Å². The highest BCUT2D eigenvalue weighted by Gasteiger charge is 2.11. The normalized spacial score (nSPS) is 14.8. The third kappa shape index (κ3) is 0.947. The standard InChI is InChI=1S/C6H7N5/c7-11-4-8-3-5-6(11)10-2-1-9-5/h1-3H,4,7H2. The van der Waals surface area contributed by atoms with Gasteiger partial charge in [0.25, 0.3) is 0 Å². The van der Waals surface area contributed by atoms with E-state index < -0.39 is 0 Å². The molecule has 0 aliphatic carbocycles. The molecule has 56 valence electrons. The lowest BCUT2D eigenvalue weighted by Gasteiger charge is -2.18. The fourth-order valence-electron chi connectivity index (χ4n) is 0.936. The topological polar surface area (TPSA) is 67.4 Å². The van der Waals surface area contributed by atoms with Gasteiger partial charge in [-0.05, 0) is 0 Å². The maximum Gasteiger partial charge on any atom is 0.172 e. The van der Waals surface area contributed by atoms with Crippen molar-refractivity contribution >= 4 is 12.0 Å². The van der Waals surface area contributed by atoms with Crippen molar-refractivity contribution in [3.63, 3.8) is 0 Å². The van der Waals surface area contributed by atoms with Crippen molar-refractivity contribution in [2.75, 3.05) is 11.7 Å². The molecule has 0 spiro atoms. The van der Waals surface area contributed by atoms with E-state index in [9.17, 15) is 0 Å². The van der Waals surface area contributed by atoms with E-state index in [1.165, 1.54) is 5.01 Å². The molecule has 0 saturated heterocycles. The second kappa shape index (κ2) is 2.28. The van der Waals surface area contributed by atoms with Gasteiger partial charge in [-0.3, -0.25) is 10.0 Å². The number of nitrogens with two attached hydrogens (primary N) is 1. The number of rotatable bonds is 0. The molecule has 0 atom stereocenters.